The van der Waals surface area contributed by atoms with Crippen LogP contribution in [-0.4, -0.2) is 24.4 Å². The molecular formula is C15H24N2O. The van der Waals surface area contributed by atoms with Crippen molar-refractivity contribution in [2.75, 3.05) is 13.6 Å². The van der Waals surface area contributed by atoms with Gasteiger partial charge in [0.15, 0.2) is 0 Å². The Balaban J connectivity index is 2.69. The molecule has 0 radical (unpaired) electrons. The van der Waals surface area contributed by atoms with Crippen LogP contribution in [0.3, 0.4) is 0 Å². The normalized spacial score (nSPS) is 12.3. The van der Waals surface area contributed by atoms with Crippen LogP contribution in [0.4, 0.5) is 0 Å². The minimum absolute atomic E-state index is 0.00533. The third kappa shape index (κ3) is 3.84. The lowest BCUT2D eigenvalue weighted by Crippen LogP contribution is -2.32. The summed E-state index contributed by atoms with van der Waals surface area (Å²) in [5.74, 6) is 0.172. The van der Waals surface area contributed by atoms with Gasteiger partial charge in [-0.05, 0) is 37.9 Å². The molecule has 100 valence electrons. The standard InChI is InChI=1S/C15H24N2O/c1-11-5-6-14(13(3)9-11)10-17(4)15(18)12(2)7-8-16/h5-6,9,12H,7-8,10,16H2,1-4H3. The second-order valence-corrected chi connectivity index (χ2v) is 5.10. The van der Waals surface area contributed by atoms with Crippen LogP contribution in [0.25, 0.3) is 0 Å². The highest BCUT2D eigenvalue weighted by atomic mass is 16.2. The highest BCUT2D eigenvalue weighted by Crippen LogP contribution is 2.14. The number of hydrogen-bond donors (Lipinski definition) is 1. The minimum Gasteiger partial charge on any atom is -0.341 e. The predicted molar refractivity (Wildman–Crippen MR) is 75.2 cm³/mol. The summed E-state index contributed by atoms with van der Waals surface area (Å²) in [6.07, 6.45) is 0.746. The number of nitrogens with two attached hydrogens (primary N) is 1. The molecule has 0 heterocycles. The summed E-state index contributed by atoms with van der Waals surface area (Å²) in [5, 5.41) is 0. The van der Waals surface area contributed by atoms with Crippen LogP contribution in [0.1, 0.15) is 30.0 Å². The first-order valence-corrected chi connectivity index (χ1v) is 6.47. The predicted octanol–water partition coefficient (Wildman–Crippen LogP) is 2.25. The van der Waals surface area contributed by atoms with E-state index in [0.717, 1.165) is 6.42 Å². The third-order valence-corrected chi connectivity index (χ3v) is 3.30. The minimum atomic E-state index is 0.00533. The Morgan fingerprint density at radius 3 is 2.61 bits per heavy atom. The van der Waals surface area contributed by atoms with Gasteiger partial charge < -0.3 is 10.6 Å². The number of aryl methyl sites for hydroxylation is 2. The highest BCUT2D eigenvalue weighted by molar-refractivity contribution is 5.78. The van der Waals surface area contributed by atoms with Crippen LogP contribution in [0, 0.1) is 19.8 Å². The fourth-order valence-electron chi connectivity index (χ4n) is 2.11. The maximum absolute atomic E-state index is 12.1. The maximum atomic E-state index is 12.1. The first-order chi connectivity index (χ1) is 8.45. The molecule has 0 aliphatic heterocycles. The summed E-state index contributed by atoms with van der Waals surface area (Å²) in [5.41, 5.74) is 9.18. The van der Waals surface area contributed by atoms with Gasteiger partial charge in [-0.25, -0.2) is 0 Å². The molecule has 0 spiro atoms. The number of amides is 1. The quantitative estimate of drug-likeness (QED) is 0.868. The van der Waals surface area contributed by atoms with Crippen molar-refractivity contribution in [3.05, 3.63) is 34.9 Å². The first kappa shape index (κ1) is 14.7. The molecule has 0 aliphatic carbocycles. The number of rotatable bonds is 5. The zero-order valence-corrected chi connectivity index (χ0v) is 11.9. The van der Waals surface area contributed by atoms with Gasteiger partial charge in [-0.1, -0.05) is 30.7 Å². The highest BCUT2D eigenvalue weighted by Gasteiger charge is 2.17. The van der Waals surface area contributed by atoms with Gasteiger partial charge in [-0.15, -0.1) is 0 Å². The Labute approximate surface area is 110 Å². The third-order valence-electron chi connectivity index (χ3n) is 3.30. The van der Waals surface area contributed by atoms with E-state index in [0.29, 0.717) is 13.1 Å². The van der Waals surface area contributed by atoms with E-state index in [2.05, 4.69) is 32.0 Å². The first-order valence-electron chi connectivity index (χ1n) is 6.47. The van der Waals surface area contributed by atoms with Crippen molar-refractivity contribution < 1.29 is 4.79 Å². The molecule has 1 aromatic carbocycles. The van der Waals surface area contributed by atoms with Gasteiger partial charge in [-0.2, -0.15) is 0 Å². The van der Waals surface area contributed by atoms with Crippen LogP contribution in [0.15, 0.2) is 18.2 Å². The molecule has 1 aromatic rings. The molecule has 1 unspecified atom stereocenters. The van der Waals surface area contributed by atoms with Crippen LogP contribution < -0.4 is 5.73 Å². The van der Waals surface area contributed by atoms with Crippen LogP contribution in [-0.2, 0) is 11.3 Å². The van der Waals surface area contributed by atoms with E-state index >= 15 is 0 Å². The van der Waals surface area contributed by atoms with Crippen molar-refractivity contribution in [2.45, 2.75) is 33.7 Å². The summed E-state index contributed by atoms with van der Waals surface area (Å²) in [6, 6.07) is 6.34. The molecule has 1 amide bonds. The molecule has 18 heavy (non-hydrogen) atoms. The number of benzene rings is 1. The molecule has 0 fully saturated rings. The molecule has 0 aromatic heterocycles. The smallest absolute Gasteiger partial charge is 0.225 e. The van der Waals surface area contributed by atoms with Crippen LogP contribution in [0.2, 0.25) is 0 Å². The average Bonchev–Trinajstić information content (AvgIpc) is 2.32. The lowest BCUT2D eigenvalue weighted by Gasteiger charge is -2.22. The summed E-state index contributed by atoms with van der Waals surface area (Å²) in [7, 11) is 1.86. The van der Waals surface area contributed by atoms with Gasteiger partial charge in [0.25, 0.3) is 0 Å². The van der Waals surface area contributed by atoms with Gasteiger partial charge in [0.1, 0.15) is 0 Å². The molecule has 0 saturated carbocycles. The lowest BCUT2D eigenvalue weighted by atomic mass is 10.0. The number of nitrogens with zero attached hydrogens (tertiary/aromatic N) is 1. The Hall–Kier alpha value is -1.35. The Morgan fingerprint density at radius 1 is 1.39 bits per heavy atom. The van der Waals surface area contributed by atoms with E-state index in [1.54, 1.807) is 4.90 Å². The van der Waals surface area contributed by atoms with E-state index in [1.807, 2.05) is 14.0 Å². The lowest BCUT2D eigenvalue weighted by molar-refractivity contribution is -0.134. The fraction of sp³-hybridized carbons (Fsp3) is 0.533. The number of hydrogen-bond acceptors (Lipinski definition) is 2. The van der Waals surface area contributed by atoms with Gasteiger partial charge in [-0.3, -0.25) is 4.79 Å². The van der Waals surface area contributed by atoms with Crippen LogP contribution >= 0.6 is 0 Å². The van der Waals surface area contributed by atoms with Gasteiger partial charge in [0.05, 0.1) is 0 Å². The molecule has 1 atom stereocenters. The molecule has 3 nitrogen and oxygen atoms in total. The summed E-state index contributed by atoms with van der Waals surface area (Å²) >= 11 is 0. The van der Waals surface area contributed by atoms with Crippen LogP contribution in [0.5, 0.6) is 0 Å². The average molecular weight is 248 g/mol. The van der Waals surface area contributed by atoms with Crippen molar-refractivity contribution in [3.8, 4) is 0 Å². The van der Waals surface area contributed by atoms with Gasteiger partial charge in [0.2, 0.25) is 5.91 Å². The number of carbonyl (C=O) groups is 1. The topological polar surface area (TPSA) is 46.3 Å². The van der Waals surface area contributed by atoms with Crippen molar-refractivity contribution in [1.29, 1.82) is 0 Å². The summed E-state index contributed by atoms with van der Waals surface area (Å²) in [6.45, 7) is 7.33. The Kier molecular flexibility index (Phi) is 5.35. The molecule has 2 N–H and O–H groups in total. The van der Waals surface area contributed by atoms with Crippen molar-refractivity contribution in [3.63, 3.8) is 0 Å². The van der Waals surface area contributed by atoms with E-state index in [1.165, 1.54) is 16.7 Å². The maximum Gasteiger partial charge on any atom is 0.225 e. The Bertz CT molecular complexity index is 415. The van der Waals surface area contributed by atoms with E-state index in [-0.39, 0.29) is 11.8 Å². The second-order valence-electron chi connectivity index (χ2n) is 5.10. The zero-order valence-electron chi connectivity index (χ0n) is 11.9. The molecule has 0 saturated heterocycles. The second kappa shape index (κ2) is 6.55. The van der Waals surface area contributed by atoms with Crippen molar-refractivity contribution in [1.82, 2.24) is 4.90 Å². The largest absolute Gasteiger partial charge is 0.341 e. The van der Waals surface area contributed by atoms with E-state index in [9.17, 15) is 4.79 Å². The van der Waals surface area contributed by atoms with E-state index < -0.39 is 0 Å². The SMILES string of the molecule is Cc1ccc(CN(C)C(=O)C(C)CCN)c(C)c1. The molecule has 1 rings (SSSR count). The van der Waals surface area contributed by atoms with Gasteiger partial charge >= 0.3 is 0 Å². The van der Waals surface area contributed by atoms with Gasteiger partial charge in [0, 0.05) is 19.5 Å². The fourth-order valence-corrected chi connectivity index (χ4v) is 2.11. The number of carbonyl (C=O) groups excluding carboxylic acids is 1. The Morgan fingerprint density at radius 2 is 2.06 bits per heavy atom. The molecule has 0 bridgehead atoms. The monoisotopic (exact) mass is 248 g/mol. The summed E-state index contributed by atoms with van der Waals surface area (Å²) in [4.78, 5) is 13.9. The van der Waals surface area contributed by atoms with Crippen molar-refractivity contribution >= 4 is 5.91 Å². The van der Waals surface area contributed by atoms with Crippen molar-refractivity contribution in [2.24, 2.45) is 11.7 Å². The molecule has 0 aliphatic rings. The zero-order chi connectivity index (χ0) is 13.7. The molecular weight excluding hydrogens is 224 g/mol. The van der Waals surface area contributed by atoms with E-state index in [4.69, 9.17) is 5.73 Å². The molecule has 3 heteroatoms. The summed E-state index contributed by atoms with van der Waals surface area (Å²) < 4.78 is 0.